The maximum absolute atomic E-state index is 12.9. The van der Waals surface area contributed by atoms with Crippen molar-refractivity contribution < 1.29 is 9.53 Å². The molecule has 0 aliphatic heterocycles. The summed E-state index contributed by atoms with van der Waals surface area (Å²) in [5, 5.41) is 11.9. The third-order valence-corrected chi connectivity index (χ3v) is 4.68. The van der Waals surface area contributed by atoms with E-state index < -0.39 is 5.97 Å². The van der Waals surface area contributed by atoms with Gasteiger partial charge in [0, 0.05) is 6.54 Å². The lowest BCUT2D eigenvalue weighted by molar-refractivity contribution is 0.0456. The second-order valence-corrected chi connectivity index (χ2v) is 6.76. The van der Waals surface area contributed by atoms with Gasteiger partial charge in [-0.05, 0) is 60.2 Å². The molecule has 0 amide bonds. The topological polar surface area (TPSA) is 105 Å². The van der Waals surface area contributed by atoms with E-state index in [0.29, 0.717) is 40.3 Å². The van der Waals surface area contributed by atoms with Gasteiger partial charge in [0.25, 0.3) is 5.56 Å². The van der Waals surface area contributed by atoms with Gasteiger partial charge in [-0.3, -0.25) is 9.36 Å². The highest BCUT2D eigenvalue weighted by molar-refractivity contribution is 5.89. The van der Waals surface area contributed by atoms with Crippen LogP contribution in [0.4, 0.5) is 0 Å². The van der Waals surface area contributed by atoms with Gasteiger partial charge in [-0.1, -0.05) is 19.1 Å². The molecular weight excluding hydrogens is 384 g/mol. The van der Waals surface area contributed by atoms with Crippen LogP contribution in [0.2, 0.25) is 0 Å². The minimum atomic E-state index is -0.492. The molecule has 0 N–H and O–H groups in total. The molecule has 152 valence electrons. The Balaban J connectivity index is 1.54. The van der Waals surface area contributed by atoms with Crippen molar-refractivity contribution in [3.8, 4) is 5.69 Å². The number of benzene rings is 2. The molecule has 0 atom stereocenters. The molecule has 0 radical (unpaired) electrons. The Kier molecular flexibility index (Phi) is 5.34. The van der Waals surface area contributed by atoms with Crippen LogP contribution in [0.15, 0.2) is 53.3 Å². The fraction of sp³-hybridized carbons (Fsp3) is 0.238. The molecule has 4 rings (SSSR count). The third kappa shape index (κ3) is 3.69. The van der Waals surface area contributed by atoms with Crippen LogP contribution in [0, 0.1) is 6.92 Å². The van der Waals surface area contributed by atoms with E-state index in [-0.39, 0.29) is 12.2 Å². The van der Waals surface area contributed by atoms with Gasteiger partial charge in [-0.15, -0.1) is 5.10 Å². The first-order valence-electron chi connectivity index (χ1n) is 9.59. The van der Waals surface area contributed by atoms with Crippen molar-refractivity contribution in [1.29, 1.82) is 0 Å². The van der Waals surface area contributed by atoms with Crippen LogP contribution in [0.1, 0.15) is 35.4 Å². The molecule has 0 saturated heterocycles. The Hall–Kier alpha value is -3.88. The molecule has 4 aromatic rings. The highest BCUT2D eigenvalue weighted by Crippen LogP contribution is 2.14. The molecule has 0 aliphatic carbocycles. The lowest BCUT2D eigenvalue weighted by Gasteiger charge is -2.11. The maximum Gasteiger partial charge on any atom is 0.338 e. The minimum absolute atomic E-state index is 0.0131. The van der Waals surface area contributed by atoms with Crippen LogP contribution in [-0.2, 0) is 17.9 Å². The van der Waals surface area contributed by atoms with Gasteiger partial charge in [-0.25, -0.2) is 14.5 Å². The van der Waals surface area contributed by atoms with Crippen molar-refractivity contribution in [2.45, 2.75) is 33.4 Å². The van der Waals surface area contributed by atoms with Crippen LogP contribution in [-0.4, -0.2) is 35.7 Å². The van der Waals surface area contributed by atoms with E-state index in [2.05, 4.69) is 20.5 Å². The number of ether oxygens (including phenoxy) is 1. The monoisotopic (exact) mass is 404 g/mol. The van der Waals surface area contributed by atoms with E-state index in [1.807, 2.05) is 19.1 Å². The number of tetrazole rings is 1. The smallest absolute Gasteiger partial charge is 0.338 e. The Labute approximate surface area is 171 Å². The summed E-state index contributed by atoms with van der Waals surface area (Å²) >= 11 is 0. The molecule has 0 unspecified atom stereocenters. The second-order valence-electron chi connectivity index (χ2n) is 6.76. The van der Waals surface area contributed by atoms with Crippen molar-refractivity contribution in [1.82, 2.24) is 29.8 Å². The zero-order valence-corrected chi connectivity index (χ0v) is 16.6. The molecule has 0 bridgehead atoms. The first-order valence-corrected chi connectivity index (χ1v) is 9.59. The zero-order valence-electron chi connectivity index (χ0n) is 16.6. The number of para-hydroxylation sites is 1. The Bertz CT molecular complexity index is 1260. The fourth-order valence-corrected chi connectivity index (χ4v) is 3.22. The van der Waals surface area contributed by atoms with Crippen LogP contribution in [0.5, 0.6) is 0 Å². The van der Waals surface area contributed by atoms with Crippen LogP contribution in [0.25, 0.3) is 16.6 Å². The summed E-state index contributed by atoms with van der Waals surface area (Å²) in [6.07, 6.45) is 0.871. The van der Waals surface area contributed by atoms with Crippen molar-refractivity contribution in [3.05, 3.63) is 76.1 Å². The predicted molar refractivity (Wildman–Crippen MR) is 109 cm³/mol. The number of esters is 1. The summed E-state index contributed by atoms with van der Waals surface area (Å²) in [4.78, 5) is 29.8. The van der Waals surface area contributed by atoms with Gasteiger partial charge in [0.05, 0.1) is 22.2 Å². The third-order valence-electron chi connectivity index (χ3n) is 4.68. The number of aromatic nitrogens is 6. The Morgan fingerprint density at radius 3 is 2.63 bits per heavy atom. The van der Waals surface area contributed by atoms with E-state index >= 15 is 0 Å². The van der Waals surface area contributed by atoms with E-state index in [4.69, 9.17) is 4.74 Å². The molecule has 2 aromatic heterocycles. The summed E-state index contributed by atoms with van der Waals surface area (Å²) in [7, 11) is 0. The quantitative estimate of drug-likeness (QED) is 0.455. The van der Waals surface area contributed by atoms with Gasteiger partial charge in [0.1, 0.15) is 5.82 Å². The van der Waals surface area contributed by atoms with Crippen LogP contribution >= 0.6 is 0 Å². The molecule has 0 spiro atoms. The van der Waals surface area contributed by atoms with E-state index in [0.717, 1.165) is 6.42 Å². The standard InChI is InChI=1S/C21H20N6O3/c1-3-12-26-19(23-24-25-26)13-30-21(29)15-8-10-16(11-9-15)27-14(2)22-18-7-5-4-6-17(18)20(27)28/h4-11H,3,12-13H2,1-2H3. The number of nitrogens with zero attached hydrogens (tertiary/aromatic N) is 6. The van der Waals surface area contributed by atoms with E-state index in [1.165, 1.54) is 4.57 Å². The zero-order chi connectivity index (χ0) is 21.1. The van der Waals surface area contributed by atoms with Crippen LogP contribution in [0.3, 0.4) is 0 Å². The van der Waals surface area contributed by atoms with Crippen molar-refractivity contribution >= 4 is 16.9 Å². The first-order chi connectivity index (χ1) is 14.6. The molecule has 0 fully saturated rings. The number of hydrogen-bond donors (Lipinski definition) is 0. The number of carbonyl (C=O) groups excluding carboxylic acids is 1. The number of carbonyl (C=O) groups is 1. The second kappa shape index (κ2) is 8.24. The number of hydrogen-bond acceptors (Lipinski definition) is 7. The number of aryl methyl sites for hydroxylation is 2. The lowest BCUT2D eigenvalue weighted by atomic mass is 10.2. The fourth-order valence-electron chi connectivity index (χ4n) is 3.22. The van der Waals surface area contributed by atoms with Crippen molar-refractivity contribution in [2.24, 2.45) is 0 Å². The van der Waals surface area contributed by atoms with Crippen molar-refractivity contribution in [2.75, 3.05) is 0 Å². The molecule has 0 aliphatic rings. The number of rotatable bonds is 6. The summed E-state index contributed by atoms with van der Waals surface area (Å²) in [6, 6.07) is 13.8. The highest BCUT2D eigenvalue weighted by atomic mass is 16.5. The van der Waals surface area contributed by atoms with E-state index in [1.54, 1.807) is 48.0 Å². The van der Waals surface area contributed by atoms with E-state index in [9.17, 15) is 9.59 Å². The Morgan fingerprint density at radius 2 is 1.87 bits per heavy atom. The summed E-state index contributed by atoms with van der Waals surface area (Å²) in [5.74, 6) is 0.566. The first kappa shape index (κ1) is 19.4. The molecule has 2 aromatic carbocycles. The molecule has 30 heavy (non-hydrogen) atoms. The van der Waals surface area contributed by atoms with Gasteiger partial charge < -0.3 is 4.74 Å². The lowest BCUT2D eigenvalue weighted by Crippen LogP contribution is -2.22. The Morgan fingerprint density at radius 1 is 1.10 bits per heavy atom. The number of fused-ring (bicyclic) bond motifs is 1. The summed E-state index contributed by atoms with van der Waals surface area (Å²) in [5.41, 5.74) is 1.49. The SMILES string of the molecule is CCCn1nnnc1COC(=O)c1ccc(-n2c(C)nc3ccccc3c2=O)cc1. The summed E-state index contributed by atoms with van der Waals surface area (Å²) < 4.78 is 8.46. The molecule has 0 saturated carbocycles. The molecular formula is C21H20N6O3. The predicted octanol–water partition coefficient (Wildman–Crippen LogP) is 2.45. The average molecular weight is 404 g/mol. The van der Waals surface area contributed by atoms with Gasteiger partial charge in [-0.2, -0.15) is 0 Å². The van der Waals surface area contributed by atoms with Crippen LogP contribution < -0.4 is 5.56 Å². The highest BCUT2D eigenvalue weighted by Gasteiger charge is 2.13. The molecule has 9 heteroatoms. The van der Waals surface area contributed by atoms with Crippen molar-refractivity contribution in [3.63, 3.8) is 0 Å². The summed E-state index contributed by atoms with van der Waals surface area (Å²) in [6.45, 7) is 4.43. The average Bonchev–Trinajstić information content (AvgIpc) is 3.20. The largest absolute Gasteiger partial charge is 0.454 e. The normalized spacial score (nSPS) is 11.0. The molecule has 9 nitrogen and oxygen atoms in total. The molecule has 2 heterocycles. The van der Waals surface area contributed by atoms with Gasteiger partial charge in [0.2, 0.25) is 0 Å². The van der Waals surface area contributed by atoms with Gasteiger partial charge >= 0.3 is 5.97 Å². The maximum atomic E-state index is 12.9. The van der Waals surface area contributed by atoms with Gasteiger partial charge in [0.15, 0.2) is 12.4 Å². The minimum Gasteiger partial charge on any atom is -0.454 e.